The van der Waals surface area contributed by atoms with Crippen LogP contribution >= 0.6 is 11.8 Å². The third kappa shape index (κ3) is 3.89. The number of aliphatic imine (C=N–C) groups is 1. The third-order valence-electron chi connectivity index (χ3n) is 4.77. The van der Waals surface area contributed by atoms with Crippen LogP contribution in [-0.4, -0.2) is 29.9 Å². The Labute approximate surface area is 182 Å². The van der Waals surface area contributed by atoms with Gasteiger partial charge in [-0.1, -0.05) is 18.2 Å². The number of rotatable bonds is 5. The lowest BCUT2D eigenvalue weighted by Crippen LogP contribution is -2.28. The fourth-order valence-electron chi connectivity index (χ4n) is 3.27. The van der Waals surface area contributed by atoms with E-state index in [1.165, 1.54) is 11.8 Å². The molecule has 1 aromatic heterocycles. The summed E-state index contributed by atoms with van der Waals surface area (Å²) < 4.78 is 21.8. The number of benzene rings is 2. The van der Waals surface area contributed by atoms with Gasteiger partial charge in [-0.3, -0.25) is 9.69 Å². The average Bonchev–Trinajstić information content (AvgIpc) is 3.52. The molecule has 2 aliphatic heterocycles. The molecule has 1 amide bonds. The molecule has 2 aliphatic rings. The molecule has 31 heavy (non-hydrogen) atoms. The standard InChI is InChI=1S/C23H18N2O5S/c1-27-18-12-20-19(29-14-30-20)10-15(18)11-21-22(26)25(13-17-8-5-9-28-17)23(31-21)24-16-6-3-2-4-7-16/h2-12H,13-14H2,1H3/b21-11-,24-23?. The Morgan fingerprint density at radius 1 is 1.13 bits per heavy atom. The fraction of sp³-hybridized carbons (Fsp3) is 0.130. The highest BCUT2D eigenvalue weighted by Crippen LogP contribution is 2.41. The zero-order chi connectivity index (χ0) is 21.2. The van der Waals surface area contributed by atoms with E-state index < -0.39 is 0 Å². The number of nitrogens with zero attached hydrogens (tertiary/aromatic N) is 2. The van der Waals surface area contributed by atoms with Gasteiger partial charge in [-0.25, -0.2) is 4.99 Å². The van der Waals surface area contributed by atoms with E-state index in [4.69, 9.17) is 18.6 Å². The van der Waals surface area contributed by atoms with Crippen LogP contribution in [0.2, 0.25) is 0 Å². The first-order chi connectivity index (χ1) is 15.2. The number of hydrogen-bond donors (Lipinski definition) is 0. The highest BCUT2D eigenvalue weighted by molar-refractivity contribution is 8.18. The lowest BCUT2D eigenvalue weighted by molar-refractivity contribution is -0.122. The Morgan fingerprint density at radius 2 is 1.94 bits per heavy atom. The van der Waals surface area contributed by atoms with Crippen molar-refractivity contribution in [2.45, 2.75) is 6.54 Å². The minimum atomic E-state index is -0.157. The molecule has 5 rings (SSSR count). The first kappa shape index (κ1) is 19.3. The number of fused-ring (bicyclic) bond motifs is 1. The van der Waals surface area contributed by atoms with Gasteiger partial charge in [0.15, 0.2) is 16.7 Å². The lowest BCUT2D eigenvalue weighted by Gasteiger charge is -2.13. The number of carbonyl (C=O) groups is 1. The smallest absolute Gasteiger partial charge is 0.267 e. The van der Waals surface area contributed by atoms with Crippen molar-refractivity contribution >= 4 is 34.6 Å². The number of thioether (sulfide) groups is 1. The zero-order valence-corrected chi connectivity index (χ0v) is 17.4. The minimum Gasteiger partial charge on any atom is -0.496 e. The van der Waals surface area contributed by atoms with Gasteiger partial charge in [0.05, 0.1) is 30.5 Å². The van der Waals surface area contributed by atoms with E-state index in [0.29, 0.717) is 39.6 Å². The van der Waals surface area contributed by atoms with E-state index in [1.54, 1.807) is 36.5 Å². The Balaban J connectivity index is 1.53. The van der Waals surface area contributed by atoms with Crippen molar-refractivity contribution in [1.82, 2.24) is 4.90 Å². The van der Waals surface area contributed by atoms with Crippen LogP contribution in [0, 0.1) is 0 Å². The molecule has 0 spiro atoms. The molecule has 7 nitrogen and oxygen atoms in total. The lowest BCUT2D eigenvalue weighted by atomic mass is 10.1. The van der Waals surface area contributed by atoms with Gasteiger partial charge in [-0.15, -0.1) is 0 Å². The van der Waals surface area contributed by atoms with Crippen LogP contribution < -0.4 is 14.2 Å². The normalized spacial score (nSPS) is 17.7. The molecular weight excluding hydrogens is 416 g/mol. The van der Waals surface area contributed by atoms with Crippen molar-refractivity contribution in [3.05, 3.63) is 77.1 Å². The first-order valence-electron chi connectivity index (χ1n) is 9.56. The van der Waals surface area contributed by atoms with E-state index in [0.717, 1.165) is 11.3 Å². The van der Waals surface area contributed by atoms with Crippen molar-refractivity contribution in [3.63, 3.8) is 0 Å². The summed E-state index contributed by atoms with van der Waals surface area (Å²) in [6.45, 7) is 0.455. The summed E-state index contributed by atoms with van der Waals surface area (Å²) in [5, 5.41) is 0.582. The van der Waals surface area contributed by atoms with Crippen molar-refractivity contribution < 1.29 is 23.4 Å². The van der Waals surface area contributed by atoms with E-state index in [1.807, 2.05) is 42.5 Å². The maximum atomic E-state index is 13.3. The van der Waals surface area contributed by atoms with E-state index in [2.05, 4.69) is 4.99 Å². The van der Waals surface area contributed by atoms with E-state index in [-0.39, 0.29) is 12.7 Å². The molecule has 0 radical (unpaired) electrons. The Morgan fingerprint density at radius 3 is 2.68 bits per heavy atom. The predicted molar refractivity (Wildman–Crippen MR) is 117 cm³/mol. The van der Waals surface area contributed by atoms with Gasteiger partial charge < -0.3 is 18.6 Å². The number of carbonyl (C=O) groups excluding carboxylic acids is 1. The summed E-state index contributed by atoms with van der Waals surface area (Å²) in [5.41, 5.74) is 1.49. The number of para-hydroxylation sites is 1. The summed E-state index contributed by atoms with van der Waals surface area (Å²) in [7, 11) is 1.58. The molecule has 0 N–H and O–H groups in total. The van der Waals surface area contributed by atoms with Crippen LogP contribution in [0.1, 0.15) is 11.3 Å². The van der Waals surface area contributed by atoms with Crippen LogP contribution in [0.25, 0.3) is 6.08 Å². The summed E-state index contributed by atoms with van der Waals surface area (Å²) in [4.78, 5) is 20.1. The van der Waals surface area contributed by atoms with Gasteiger partial charge in [-0.2, -0.15) is 0 Å². The second kappa shape index (κ2) is 8.23. The molecule has 3 aromatic rings. The number of ether oxygens (including phenoxy) is 3. The molecule has 2 aromatic carbocycles. The molecule has 0 bridgehead atoms. The van der Waals surface area contributed by atoms with Gasteiger partial charge in [-0.05, 0) is 48.2 Å². The zero-order valence-electron chi connectivity index (χ0n) is 16.6. The van der Waals surface area contributed by atoms with E-state index in [9.17, 15) is 4.79 Å². The quantitative estimate of drug-likeness (QED) is 0.536. The molecule has 1 saturated heterocycles. The Bertz CT molecular complexity index is 1170. The van der Waals surface area contributed by atoms with Gasteiger partial charge in [0.2, 0.25) is 6.79 Å². The number of furan rings is 1. The molecule has 0 aliphatic carbocycles. The number of amidine groups is 1. The SMILES string of the molecule is COc1cc2c(cc1/C=C1\SC(=Nc3ccccc3)N(Cc3ccco3)C1=O)OCO2. The van der Waals surface area contributed by atoms with Crippen LogP contribution in [0.3, 0.4) is 0 Å². The van der Waals surface area contributed by atoms with Crippen molar-refractivity contribution in [2.75, 3.05) is 13.9 Å². The Kier molecular flexibility index (Phi) is 5.13. The summed E-state index contributed by atoms with van der Waals surface area (Å²) in [6, 6.07) is 16.7. The van der Waals surface area contributed by atoms with Gasteiger partial charge in [0.1, 0.15) is 11.5 Å². The number of amides is 1. The van der Waals surface area contributed by atoms with Gasteiger partial charge in [0, 0.05) is 11.6 Å². The van der Waals surface area contributed by atoms with Crippen molar-refractivity contribution in [2.24, 2.45) is 4.99 Å². The predicted octanol–water partition coefficient (Wildman–Crippen LogP) is 4.82. The van der Waals surface area contributed by atoms with E-state index >= 15 is 0 Å². The van der Waals surface area contributed by atoms with Crippen molar-refractivity contribution in [1.29, 1.82) is 0 Å². The number of methoxy groups -OCH3 is 1. The van der Waals surface area contributed by atoms with Crippen LogP contribution in [-0.2, 0) is 11.3 Å². The average molecular weight is 434 g/mol. The van der Waals surface area contributed by atoms with Gasteiger partial charge >= 0.3 is 0 Å². The largest absolute Gasteiger partial charge is 0.496 e. The second-order valence-corrected chi connectivity index (χ2v) is 7.77. The molecule has 1 fully saturated rings. The topological polar surface area (TPSA) is 73.5 Å². The molecule has 8 heteroatoms. The summed E-state index contributed by atoms with van der Waals surface area (Å²) in [5.74, 6) is 2.35. The molecular formula is C23H18N2O5S. The van der Waals surface area contributed by atoms with Crippen LogP contribution in [0.15, 0.2) is 75.2 Å². The molecule has 0 saturated carbocycles. The molecule has 3 heterocycles. The number of hydrogen-bond acceptors (Lipinski definition) is 7. The fourth-order valence-corrected chi connectivity index (χ4v) is 4.26. The molecule has 156 valence electrons. The second-order valence-electron chi connectivity index (χ2n) is 6.76. The molecule has 0 atom stereocenters. The summed E-state index contributed by atoms with van der Waals surface area (Å²) in [6.07, 6.45) is 3.38. The summed E-state index contributed by atoms with van der Waals surface area (Å²) >= 11 is 1.31. The van der Waals surface area contributed by atoms with Gasteiger partial charge in [0.25, 0.3) is 5.91 Å². The maximum absolute atomic E-state index is 13.3. The maximum Gasteiger partial charge on any atom is 0.267 e. The molecule has 0 unspecified atom stereocenters. The van der Waals surface area contributed by atoms with Crippen LogP contribution in [0.5, 0.6) is 17.2 Å². The monoisotopic (exact) mass is 434 g/mol. The highest BCUT2D eigenvalue weighted by Gasteiger charge is 2.34. The first-order valence-corrected chi connectivity index (χ1v) is 10.4. The Hall–Kier alpha value is -3.65. The van der Waals surface area contributed by atoms with Crippen molar-refractivity contribution in [3.8, 4) is 17.2 Å². The highest BCUT2D eigenvalue weighted by atomic mass is 32.2. The third-order valence-corrected chi connectivity index (χ3v) is 5.78. The van der Waals surface area contributed by atoms with Crippen LogP contribution in [0.4, 0.5) is 5.69 Å². The minimum absolute atomic E-state index is 0.157.